The molecule has 0 radical (unpaired) electrons. The predicted octanol–water partition coefficient (Wildman–Crippen LogP) is 4.20. The van der Waals surface area contributed by atoms with Crippen LogP contribution in [-0.2, 0) is 0 Å². The van der Waals surface area contributed by atoms with E-state index >= 15 is 0 Å². The van der Waals surface area contributed by atoms with Gasteiger partial charge in [0.15, 0.2) is 5.11 Å². The number of hydrogen-bond acceptors (Lipinski definition) is 2. The van der Waals surface area contributed by atoms with Crippen molar-refractivity contribution in [2.24, 2.45) is 0 Å². The van der Waals surface area contributed by atoms with Gasteiger partial charge in [0.1, 0.15) is 0 Å². The number of halogens is 1. The van der Waals surface area contributed by atoms with E-state index in [-0.39, 0.29) is 11.9 Å². The van der Waals surface area contributed by atoms with Crippen molar-refractivity contribution in [1.29, 1.82) is 0 Å². The smallest absolute Gasteiger partial charge is 0.257 e. The largest absolute Gasteiger partial charge is 0.356 e. The van der Waals surface area contributed by atoms with Crippen LogP contribution < -0.4 is 10.6 Å². The summed E-state index contributed by atoms with van der Waals surface area (Å²) in [6, 6.07) is 17.3. The van der Waals surface area contributed by atoms with E-state index in [4.69, 9.17) is 12.2 Å². The molecular weight excluding hydrogens is 360 g/mol. The van der Waals surface area contributed by atoms with Crippen LogP contribution in [0.2, 0.25) is 0 Å². The monoisotopic (exact) mass is 376 g/mol. The number of carbonyl (C=O) groups is 1. The van der Waals surface area contributed by atoms with Crippen LogP contribution in [-0.4, -0.2) is 11.0 Å². The highest BCUT2D eigenvalue weighted by Crippen LogP contribution is 2.16. The fourth-order valence-electron chi connectivity index (χ4n) is 2.11. The molecule has 2 aromatic rings. The molecule has 1 amide bonds. The first-order valence-electron chi connectivity index (χ1n) is 7.02. The van der Waals surface area contributed by atoms with E-state index in [2.05, 4.69) is 33.5 Å². The third kappa shape index (κ3) is 4.64. The van der Waals surface area contributed by atoms with Gasteiger partial charge in [-0.2, -0.15) is 0 Å². The first-order chi connectivity index (χ1) is 10.6. The predicted molar refractivity (Wildman–Crippen MR) is 96.8 cm³/mol. The lowest BCUT2D eigenvalue weighted by Gasteiger charge is -2.19. The maximum atomic E-state index is 12.2. The average molecular weight is 377 g/mol. The van der Waals surface area contributed by atoms with Gasteiger partial charge < -0.3 is 5.32 Å². The summed E-state index contributed by atoms with van der Waals surface area (Å²) in [5, 5.41) is 6.24. The molecule has 0 bridgehead atoms. The highest BCUT2D eigenvalue weighted by atomic mass is 79.9. The molecule has 0 saturated carbocycles. The summed E-state index contributed by atoms with van der Waals surface area (Å²) in [6.45, 7) is 2.07. The normalized spacial score (nSPS) is 11.5. The van der Waals surface area contributed by atoms with Crippen LogP contribution in [0.3, 0.4) is 0 Å². The van der Waals surface area contributed by atoms with Gasteiger partial charge in [0.25, 0.3) is 5.91 Å². The van der Waals surface area contributed by atoms with Crippen molar-refractivity contribution in [2.75, 3.05) is 0 Å². The van der Waals surface area contributed by atoms with Gasteiger partial charge in [-0.3, -0.25) is 10.1 Å². The molecule has 2 aromatic carbocycles. The summed E-state index contributed by atoms with van der Waals surface area (Å²) in [4.78, 5) is 12.2. The van der Waals surface area contributed by atoms with Crippen LogP contribution in [0, 0.1) is 0 Å². The number of amides is 1. The lowest BCUT2D eigenvalue weighted by Crippen LogP contribution is -2.40. The second kappa shape index (κ2) is 8.06. The van der Waals surface area contributed by atoms with Crippen LogP contribution in [0.5, 0.6) is 0 Å². The van der Waals surface area contributed by atoms with Gasteiger partial charge >= 0.3 is 0 Å². The molecular formula is C17H17BrN2OS. The molecule has 5 heteroatoms. The zero-order valence-corrected chi connectivity index (χ0v) is 14.6. The third-order valence-corrected chi connectivity index (χ3v) is 3.94. The topological polar surface area (TPSA) is 41.1 Å². The summed E-state index contributed by atoms with van der Waals surface area (Å²) < 4.78 is 0.856. The molecule has 0 saturated heterocycles. The Hall–Kier alpha value is -1.72. The van der Waals surface area contributed by atoms with Crippen molar-refractivity contribution < 1.29 is 4.79 Å². The molecule has 0 aromatic heterocycles. The van der Waals surface area contributed by atoms with E-state index in [0.29, 0.717) is 10.7 Å². The molecule has 0 aliphatic rings. The molecule has 0 aliphatic heterocycles. The Morgan fingerprint density at radius 1 is 1.18 bits per heavy atom. The molecule has 114 valence electrons. The number of benzene rings is 2. The lowest BCUT2D eigenvalue weighted by molar-refractivity contribution is 0.0976. The van der Waals surface area contributed by atoms with Crippen LogP contribution in [0.15, 0.2) is 59.1 Å². The number of nitrogens with one attached hydrogen (secondary N) is 2. The van der Waals surface area contributed by atoms with Gasteiger partial charge in [-0.25, -0.2) is 0 Å². The Labute approximate surface area is 144 Å². The summed E-state index contributed by atoms with van der Waals surface area (Å²) in [5.41, 5.74) is 1.70. The minimum atomic E-state index is -0.221. The first kappa shape index (κ1) is 16.6. The lowest BCUT2D eigenvalue weighted by atomic mass is 10.1. The standard InChI is InChI=1S/C17H17BrN2OS/c1-2-15(12-7-4-3-5-8-12)19-17(22)20-16(21)13-9-6-10-14(18)11-13/h3-11,15H,2H2,1H3,(H2,19,20,21,22). The average Bonchev–Trinajstić information content (AvgIpc) is 2.53. The molecule has 0 fully saturated rings. The van der Waals surface area contributed by atoms with Crippen LogP contribution in [0.4, 0.5) is 0 Å². The van der Waals surface area contributed by atoms with E-state index in [1.54, 1.807) is 12.1 Å². The first-order valence-corrected chi connectivity index (χ1v) is 8.22. The second-order valence-electron chi connectivity index (χ2n) is 4.81. The molecule has 22 heavy (non-hydrogen) atoms. The Bertz CT molecular complexity index is 661. The van der Waals surface area contributed by atoms with E-state index in [9.17, 15) is 4.79 Å². The van der Waals surface area contributed by atoms with Crippen LogP contribution in [0.1, 0.15) is 35.3 Å². The van der Waals surface area contributed by atoms with Crippen LogP contribution in [0.25, 0.3) is 0 Å². The van der Waals surface area contributed by atoms with Gasteiger partial charge in [-0.05, 0) is 42.4 Å². The van der Waals surface area contributed by atoms with Crippen molar-refractivity contribution in [3.8, 4) is 0 Å². The Balaban J connectivity index is 1.98. The minimum Gasteiger partial charge on any atom is -0.356 e. The molecule has 2 N–H and O–H groups in total. The van der Waals surface area contributed by atoms with Gasteiger partial charge in [-0.1, -0.05) is 59.3 Å². The number of hydrogen-bond donors (Lipinski definition) is 2. The van der Waals surface area contributed by atoms with Crippen molar-refractivity contribution >= 4 is 39.2 Å². The minimum absolute atomic E-state index is 0.0801. The van der Waals surface area contributed by atoms with E-state index in [0.717, 1.165) is 16.5 Å². The summed E-state index contributed by atoms with van der Waals surface area (Å²) in [6.07, 6.45) is 0.872. The molecule has 0 spiro atoms. The summed E-state index contributed by atoms with van der Waals surface area (Å²) in [5.74, 6) is -0.221. The zero-order chi connectivity index (χ0) is 15.9. The maximum Gasteiger partial charge on any atom is 0.257 e. The fourth-order valence-corrected chi connectivity index (χ4v) is 2.74. The van der Waals surface area contributed by atoms with Crippen molar-refractivity contribution in [3.63, 3.8) is 0 Å². The quantitative estimate of drug-likeness (QED) is 0.785. The third-order valence-electron chi connectivity index (χ3n) is 3.23. The summed E-state index contributed by atoms with van der Waals surface area (Å²) >= 11 is 8.60. The maximum absolute atomic E-state index is 12.2. The molecule has 1 unspecified atom stereocenters. The van der Waals surface area contributed by atoms with E-state index < -0.39 is 0 Å². The highest BCUT2D eigenvalue weighted by molar-refractivity contribution is 9.10. The van der Waals surface area contributed by atoms with Gasteiger partial charge in [0.2, 0.25) is 0 Å². The van der Waals surface area contributed by atoms with Gasteiger partial charge in [-0.15, -0.1) is 0 Å². The van der Waals surface area contributed by atoms with Crippen molar-refractivity contribution in [1.82, 2.24) is 10.6 Å². The van der Waals surface area contributed by atoms with Gasteiger partial charge in [0.05, 0.1) is 6.04 Å². The number of carbonyl (C=O) groups excluding carboxylic acids is 1. The fraction of sp³-hybridized carbons (Fsp3) is 0.176. The van der Waals surface area contributed by atoms with E-state index in [1.807, 2.05) is 42.5 Å². The molecule has 1 atom stereocenters. The Morgan fingerprint density at radius 2 is 1.91 bits per heavy atom. The van der Waals surface area contributed by atoms with Crippen LogP contribution >= 0.6 is 28.1 Å². The van der Waals surface area contributed by atoms with Gasteiger partial charge in [0, 0.05) is 10.0 Å². The molecule has 3 nitrogen and oxygen atoms in total. The van der Waals surface area contributed by atoms with E-state index in [1.165, 1.54) is 0 Å². The molecule has 0 aliphatic carbocycles. The van der Waals surface area contributed by atoms with Crippen molar-refractivity contribution in [3.05, 3.63) is 70.2 Å². The Morgan fingerprint density at radius 3 is 2.55 bits per heavy atom. The van der Waals surface area contributed by atoms with Crippen molar-refractivity contribution in [2.45, 2.75) is 19.4 Å². The highest BCUT2D eigenvalue weighted by Gasteiger charge is 2.13. The Kier molecular flexibility index (Phi) is 6.10. The summed E-state index contributed by atoms with van der Waals surface area (Å²) in [7, 11) is 0. The molecule has 2 rings (SSSR count). The zero-order valence-electron chi connectivity index (χ0n) is 12.2. The second-order valence-corrected chi connectivity index (χ2v) is 6.13. The number of rotatable bonds is 4. The SMILES string of the molecule is CCC(NC(=S)NC(=O)c1cccc(Br)c1)c1ccccc1. The number of thiocarbonyl (C=S) groups is 1. The molecule has 0 heterocycles.